The Morgan fingerprint density at radius 3 is 2.58 bits per heavy atom. The number of methoxy groups -OCH3 is 1. The average molecular weight is 280 g/mol. The van der Waals surface area contributed by atoms with Gasteiger partial charge in [0.1, 0.15) is 5.75 Å². The van der Waals surface area contributed by atoms with Gasteiger partial charge < -0.3 is 15.4 Å². The van der Waals surface area contributed by atoms with E-state index < -0.39 is 0 Å². The molecule has 104 valence electrons. The Hall–Kier alpha value is -1.62. The number of nitrogens with zero attached hydrogens (tertiary/aromatic N) is 1. The number of hydrogen-bond acceptors (Lipinski definition) is 3. The molecule has 0 aliphatic carbocycles. The van der Waals surface area contributed by atoms with Gasteiger partial charge in [-0.1, -0.05) is 30.4 Å². The molecule has 0 spiro atoms. The second-order valence-electron chi connectivity index (χ2n) is 4.57. The van der Waals surface area contributed by atoms with E-state index in [0.29, 0.717) is 11.5 Å². The van der Waals surface area contributed by atoms with E-state index in [9.17, 15) is 4.79 Å². The highest BCUT2D eigenvalue weighted by Gasteiger charge is 2.19. The van der Waals surface area contributed by atoms with E-state index in [4.69, 9.17) is 22.7 Å². The van der Waals surface area contributed by atoms with Crippen molar-refractivity contribution in [1.82, 2.24) is 4.90 Å². The molecule has 0 aromatic heterocycles. The van der Waals surface area contributed by atoms with Crippen molar-refractivity contribution in [2.24, 2.45) is 5.73 Å². The molecule has 0 saturated heterocycles. The van der Waals surface area contributed by atoms with Gasteiger partial charge in [0.15, 0.2) is 0 Å². The van der Waals surface area contributed by atoms with Crippen LogP contribution in [-0.2, 0) is 11.2 Å². The molecular formula is C14H20N2O2S. The molecule has 1 aromatic carbocycles. The first-order chi connectivity index (χ1) is 8.95. The van der Waals surface area contributed by atoms with E-state index in [0.717, 1.165) is 11.3 Å². The van der Waals surface area contributed by atoms with Gasteiger partial charge >= 0.3 is 0 Å². The lowest BCUT2D eigenvalue weighted by Crippen LogP contribution is -2.43. The molecule has 5 heteroatoms. The zero-order valence-electron chi connectivity index (χ0n) is 11.6. The van der Waals surface area contributed by atoms with Gasteiger partial charge in [0.25, 0.3) is 0 Å². The molecule has 1 aromatic rings. The number of ether oxygens (including phenoxy) is 1. The largest absolute Gasteiger partial charge is 0.496 e. The molecule has 0 aliphatic rings. The lowest BCUT2D eigenvalue weighted by atomic mass is 10.1. The molecule has 1 amide bonds. The van der Waals surface area contributed by atoms with Crippen LogP contribution in [0, 0.1) is 0 Å². The Balaban J connectivity index is 2.84. The number of benzene rings is 1. The number of rotatable bonds is 6. The molecule has 4 nitrogen and oxygen atoms in total. The third kappa shape index (κ3) is 4.52. The second-order valence-corrected chi connectivity index (χ2v) is 5.09. The number of carbonyl (C=O) groups is 1. The number of amides is 1. The van der Waals surface area contributed by atoms with Crippen LogP contribution in [0.2, 0.25) is 0 Å². The molecule has 19 heavy (non-hydrogen) atoms. The van der Waals surface area contributed by atoms with Crippen LogP contribution in [0.3, 0.4) is 0 Å². The van der Waals surface area contributed by atoms with Crippen LogP contribution < -0.4 is 10.5 Å². The fourth-order valence-electron chi connectivity index (χ4n) is 1.84. The van der Waals surface area contributed by atoms with Crippen molar-refractivity contribution in [3.05, 3.63) is 29.8 Å². The van der Waals surface area contributed by atoms with Crippen molar-refractivity contribution >= 4 is 23.1 Å². The van der Waals surface area contributed by atoms with E-state index in [2.05, 4.69) is 0 Å². The fourth-order valence-corrected chi connectivity index (χ4v) is 1.98. The maximum Gasteiger partial charge on any atom is 0.227 e. The number of nitrogens with two attached hydrogens (primary N) is 1. The fraction of sp³-hybridized carbons (Fsp3) is 0.429. The Morgan fingerprint density at radius 1 is 1.42 bits per heavy atom. The van der Waals surface area contributed by atoms with Crippen molar-refractivity contribution in [3.8, 4) is 5.75 Å². The minimum atomic E-state index is -0.00713. The molecule has 2 N–H and O–H groups in total. The highest BCUT2D eigenvalue weighted by molar-refractivity contribution is 7.80. The van der Waals surface area contributed by atoms with Crippen molar-refractivity contribution in [2.45, 2.75) is 26.3 Å². The first kappa shape index (κ1) is 15.4. The van der Waals surface area contributed by atoms with Gasteiger partial charge in [-0.3, -0.25) is 4.79 Å². The summed E-state index contributed by atoms with van der Waals surface area (Å²) in [5.74, 6) is 0.710. The topological polar surface area (TPSA) is 55.6 Å². The summed E-state index contributed by atoms with van der Waals surface area (Å²) in [6.45, 7) is 4.19. The molecule has 0 unspecified atom stereocenters. The molecule has 0 fully saturated rings. The molecule has 0 saturated carbocycles. The Labute approximate surface area is 119 Å². The number of carbonyl (C=O) groups excluding carboxylic acids is 1. The quantitative estimate of drug-likeness (QED) is 0.807. The summed E-state index contributed by atoms with van der Waals surface area (Å²) in [5, 5.41) is 0. The van der Waals surface area contributed by atoms with Crippen LogP contribution in [0.1, 0.15) is 19.4 Å². The third-order valence-corrected chi connectivity index (χ3v) is 2.93. The minimum Gasteiger partial charge on any atom is -0.496 e. The zero-order chi connectivity index (χ0) is 14.4. The monoisotopic (exact) mass is 280 g/mol. The standard InChI is InChI=1S/C14H20N2O2S/c1-10(2)16(9-13(15)19)14(17)8-11-6-4-5-7-12(11)18-3/h4-7,10H,8-9H2,1-3H3,(H2,15,19). The van der Waals surface area contributed by atoms with Gasteiger partial charge in [-0.2, -0.15) is 0 Å². The predicted octanol–water partition coefficient (Wildman–Crippen LogP) is 1.76. The Morgan fingerprint density at radius 2 is 2.05 bits per heavy atom. The van der Waals surface area contributed by atoms with Gasteiger partial charge in [0.2, 0.25) is 5.91 Å². The SMILES string of the molecule is COc1ccccc1CC(=O)N(CC(N)=S)C(C)C. The normalized spacial score (nSPS) is 10.3. The van der Waals surface area contributed by atoms with Gasteiger partial charge in [-0.15, -0.1) is 0 Å². The van der Waals surface area contributed by atoms with Gasteiger partial charge in [0.05, 0.1) is 25.1 Å². The van der Waals surface area contributed by atoms with Crippen LogP contribution in [0.15, 0.2) is 24.3 Å². The molecular weight excluding hydrogens is 260 g/mol. The van der Waals surface area contributed by atoms with E-state index in [1.165, 1.54) is 0 Å². The highest BCUT2D eigenvalue weighted by atomic mass is 32.1. The summed E-state index contributed by atoms with van der Waals surface area (Å²) in [5.41, 5.74) is 6.40. The summed E-state index contributed by atoms with van der Waals surface area (Å²) in [4.78, 5) is 14.3. The van der Waals surface area contributed by atoms with Crippen molar-refractivity contribution < 1.29 is 9.53 Å². The van der Waals surface area contributed by atoms with Crippen molar-refractivity contribution in [3.63, 3.8) is 0 Å². The van der Waals surface area contributed by atoms with Crippen LogP contribution in [0.25, 0.3) is 0 Å². The van der Waals surface area contributed by atoms with Crippen LogP contribution in [0.4, 0.5) is 0 Å². The molecule has 0 bridgehead atoms. The summed E-state index contributed by atoms with van der Waals surface area (Å²) >= 11 is 4.88. The van der Waals surface area contributed by atoms with Crippen LogP contribution in [0.5, 0.6) is 5.75 Å². The number of hydrogen-bond donors (Lipinski definition) is 1. The zero-order valence-corrected chi connectivity index (χ0v) is 12.4. The second kappa shape index (κ2) is 7.09. The van der Waals surface area contributed by atoms with Crippen LogP contribution >= 0.6 is 12.2 Å². The van der Waals surface area contributed by atoms with Crippen LogP contribution in [-0.4, -0.2) is 35.5 Å². The molecule has 0 atom stereocenters. The predicted molar refractivity (Wildman–Crippen MR) is 80.3 cm³/mol. The summed E-state index contributed by atoms with van der Waals surface area (Å²) in [7, 11) is 1.60. The minimum absolute atomic E-state index is 0.00713. The molecule has 0 heterocycles. The molecule has 1 rings (SSSR count). The van der Waals surface area contributed by atoms with E-state index >= 15 is 0 Å². The van der Waals surface area contributed by atoms with Crippen molar-refractivity contribution in [1.29, 1.82) is 0 Å². The maximum absolute atomic E-state index is 12.3. The molecule has 0 aliphatic heterocycles. The summed E-state index contributed by atoms with van der Waals surface area (Å²) in [6.07, 6.45) is 0.283. The van der Waals surface area contributed by atoms with Crippen molar-refractivity contribution in [2.75, 3.05) is 13.7 Å². The van der Waals surface area contributed by atoms with Gasteiger partial charge in [0, 0.05) is 11.6 Å². The Kier molecular flexibility index (Phi) is 5.76. The average Bonchev–Trinajstić information content (AvgIpc) is 2.36. The smallest absolute Gasteiger partial charge is 0.227 e. The van der Waals surface area contributed by atoms with Gasteiger partial charge in [-0.05, 0) is 19.9 Å². The Bertz CT molecular complexity index is 461. The number of thiocarbonyl (C=S) groups is 1. The number of para-hydroxylation sites is 1. The van der Waals surface area contributed by atoms with E-state index in [1.54, 1.807) is 12.0 Å². The lowest BCUT2D eigenvalue weighted by Gasteiger charge is -2.26. The van der Waals surface area contributed by atoms with Gasteiger partial charge in [-0.25, -0.2) is 0 Å². The van der Waals surface area contributed by atoms with E-state index in [1.807, 2.05) is 38.1 Å². The highest BCUT2D eigenvalue weighted by Crippen LogP contribution is 2.18. The molecule has 0 radical (unpaired) electrons. The third-order valence-electron chi connectivity index (χ3n) is 2.80. The first-order valence-corrected chi connectivity index (χ1v) is 6.56. The maximum atomic E-state index is 12.3. The summed E-state index contributed by atoms with van der Waals surface area (Å²) in [6, 6.07) is 7.55. The lowest BCUT2D eigenvalue weighted by molar-refractivity contribution is -0.131. The van der Waals surface area contributed by atoms with E-state index in [-0.39, 0.29) is 18.4 Å². The first-order valence-electron chi connectivity index (χ1n) is 6.15. The summed E-state index contributed by atoms with van der Waals surface area (Å²) < 4.78 is 5.25.